The molecule has 0 atom stereocenters. The lowest BCUT2D eigenvalue weighted by atomic mass is 9.89. The molecule has 0 saturated carbocycles. The summed E-state index contributed by atoms with van der Waals surface area (Å²) in [5, 5.41) is 65.9. The van der Waals surface area contributed by atoms with Crippen LogP contribution in [-0.2, 0) is 0 Å². The van der Waals surface area contributed by atoms with Crippen molar-refractivity contribution in [2.45, 2.75) is 0 Å². The molecule has 6 aromatic carbocycles. The molecule has 7 heteroatoms. The smallest absolute Gasteiger partial charge is 0.208 e. The van der Waals surface area contributed by atoms with Crippen LogP contribution in [0.4, 0.5) is 0 Å². The van der Waals surface area contributed by atoms with Gasteiger partial charge in [0.2, 0.25) is 17.2 Å². The van der Waals surface area contributed by atoms with Crippen molar-refractivity contribution in [3.05, 3.63) is 144 Å². The predicted molar refractivity (Wildman–Crippen MR) is 186 cm³/mol. The van der Waals surface area contributed by atoms with Gasteiger partial charge in [0.05, 0.1) is 11.3 Å². The highest BCUT2D eigenvalue weighted by Crippen LogP contribution is 2.52. The third kappa shape index (κ3) is 5.15. The van der Waals surface area contributed by atoms with Crippen molar-refractivity contribution in [3.63, 3.8) is 0 Å². The van der Waals surface area contributed by atoms with E-state index in [-0.39, 0.29) is 16.8 Å². The molecule has 0 bridgehead atoms. The number of phenols is 5. The first kappa shape index (κ1) is 29.1. The molecule has 0 spiro atoms. The fraction of sp³-hybridized carbons (Fsp3) is 0. The van der Waals surface area contributed by atoms with E-state index in [0.29, 0.717) is 11.1 Å². The number of hydrogen-bond acceptors (Lipinski definition) is 7. The van der Waals surface area contributed by atoms with Gasteiger partial charge in [0.25, 0.3) is 0 Å². The number of hydrogen-bond donors (Lipinski definition) is 6. The van der Waals surface area contributed by atoms with Gasteiger partial charge >= 0.3 is 0 Å². The topological polar surface area (TPSA) is 138 Å². The molecular weight excluding hydrogens is 588 g/mol. The van der Waals surface area contributed by atoms with Gasteiger partial charge in [-0.1, -0.05) is 91.0 Å². The zero-order chi connectivity index (χ0) is 32.7. The van der Waals surface area contributed by atoms with Gasteiger partial charge in [0.1, 0.15) is 0 Å². The van der Waals surface area contributed by atoms with E-state index >= 15 is 0 Å². The van der Waals surface area contributed by atoms with Crippen molar-refractivity contribution in [1.29, 1.82) is 5.41 Å². The fourth-order valence-electron chi connectivity index (χ4n) is 5.98. The molecular formula is C40H28N2O5. The Morgan fingerprint density at radius 3 is 1.85 bits per heavy atom. The Morgan fingerprint density at radius 1 is 0.532 bits per heavy atom. The number of benzene rings is 6. The van der Waals surface area contributed by atoms with Crippen LogP contribution in [0.5, 0.6) is 28.7 Å². The van der Waals surface area contributed by atoms with Gasteiger partial charge in [-0.05, 0) is 74.1 Å². The summed E-state index contributed by atoms with van der Waals surface area (Å²) in [4.78, 5) is 4.21. The molecule has 228 valence electrons. The van der Waals surface area contributed by atoms with Gasteiger partial charge in [-0.3, -0.25) is 10.4 Å². The van der Waals surface area contributed by atoms with Crippen LogP contribution in [0.1, 0.15) is 16.7 Å². The van der Waals surface area contributed by atoms with Crippen LogP contribution >= 0.6 is 0 Å². The highest BCUT2D eigenvalue weighted by molar-refractivity contribution is 6.34. The fourth-order valence-corrected chi connectivity index (χ4v) is 5.98. The summed E-state index contributed by atoms with van der Waals surface area (Å²) in [5.41, 5.74) is 4.61. The third-order valence-corrected chi connectivity index (χ3v) is 8.36. The minimum absolute atomic E-state index is 0.0473. The summed E-state index contributed by atoms with van der Waals surface area (Å²) < 4.78 is 0. The molecule has 7 rings (SSSR count). The largest absolute Gasteiger partial charge is 0.504 e. The van der Waals surface area contributed by atoms with Crippen LogP contribution < -0.4 is 0 Å². The molecule has 0 aliphatic heterocycles. The van der Waals surface area contributed by atoms with Crippen LogP contribution in [0.2, 0.25) is 0 Å². The molecule has 0 amide bonds. The molecule has 0 unspecified atom stereocenters. The number of nitrogens with zero attached hydrogens (tertiary/aromatic N) is 1. The third-order valence-electron chi connectivity index (χ3n) is 8.36. The maximum absolute atomic E-state index is 10.7. The summed E-state index contributed by atoms with van der Waals surface area (Å²) in [7, 11) is 0. The molecule has 0 fully saturated rings. The Morgan fingerprint density at radius 2 is 1.13 bits per heavy atom. The molecule has 7 nitrogen and oxygen atoms in total. The van der Waals surface area contributed by atoms with Gasteiger partial charge in [0.15, 0.2) is 11.5 Å². The standard InChI is InChI=1S/C40H28N2O5/c41-35(27-12-6-10-24(19-27)32-20-26-8-1-2-14-29(26)30-15-3-4-16-31(30)32)33(21-34-36(43)38(45)40(47)39(46)37(34)44)25-11-5-9-23(18-25)28-13-7-17-42-22-28/h1-22,41,43-47H/b33-21-,41-35?. The highest BCUT2D eigenvalue weighted by atomic mass is 16.4. The Labute approximate surface area is 269 Å². The molecule has 7 aromatic rings. The summed E-state index contributed by atoms with van der Waals surface area (Å²) in [6.45, 7) is 0. The molecule has 0 aliphatic rings. The van der Waals surface area contributed by atoms with E-state index < -0.39 is 28.7 Å². The minimum atomic E-state index is -1.05. The van der Waals surface area contributed by atoms with Gasteiger partial charge in [-0.25, -0.2) is 0 Å². The number of aromatic hydroxyl groups is 5. The monoisotopic (exact) mass is 616 g/mol. The van der Waals surface area contributed by atoms with Crippen molar-refractivity contribution < 1.29 is 25.5 Å². The minimum Gasteiger partial charge on any atom is -0.504 e. The average Bonchev–Trinajstić information content (AvgIpc) is 3.13. The van der Waals surface area contributed by atoms with Crippen molar-refractivity contribution in [3.8, 4) is 51.0 Å². The summed E-state index contributed by atoms with van der Waals surface area (Å²) in [6.07, 6.45) is 4.71. The lowest BCUT2D eigenvalue weighted by Crippen LogP contribution is -2.04. The van der Waals surface area contributed by atoms with E-state index in [0.717, 1.165) is 43.8 Å². The number of allylic oxidation sites excluding steroid dienone is 1. The van der Waals surface area contributed by atoms with Crippen LogP contribution in [0.25, 0.3) is 55.4 Å². The van der Waals surface area contributed by atoms with Crippen molar-refractivity contribution in [2.24, 2.45) is 0 Å². The quantitative estimate of drug-likeness (QED) is 0.0363. The molecule has 1 aromatic heterocycles. The number of pyridine rings is 1. The predicted octanol–water partition coefficient (Wildman–Crippen LogP) is 8.86. The Kier molecular flexibility index (Phi) is 7.27. The van der Waals surface area contributed by atoms with Gasteiger partial charge in [-0.2, -0.15) is 0 Å². The van der Waals surface area contributed by atoms with Crippen molar-refractivity contribution in [1.82, 2.24) is 4.98 Å². The lowest BCUT2D eigenvalue weighted by molar-refractivity contribution is 0.327. The van der Waals surface area contributed by atoms with Gasteiger partial charge < -0.3 is 25.5 Å². The zero-order valence-electron chi connectivity index (χ0n) is 24.9. The van der Waals surface area contributed by atoms with E-state index in [9.17, 15) is 30.9 Å². The average molecular weight is 617 g/mol. The molecule has 6 N–H and O–H groups in total. The zero-order valence-corrected chi connectivity index (χ0v) is 24.9. The van der Waals surface area contributed by atoms with E-state index in [4.69, 9.17) is 0 Å². The summed E-state index contributed by atoms with van der Waals surface area (Å²) >= 11 is 0. The molecule has 0 radical (unpaired) electrons. The van der Waals surface area contributed by atoms with E-state index in [1.54, 1.807) is 24.5 Å². The SMILES string of the molecule is N=C(/C(=C\c1c(O)c(O)c(O)c(O)c1O)c1cccc(-c2cccnc2)c1)c1cccc(-c2cc3ccccc3c3ccccc23)c1. The summed E-state index contributed by atoms with van der Waals surface area (Å²) in [6, 6.07) is 37.3. The number of nitrogens with one attached hydrogen (secondary N) is 1. The summed E-state index contributed by atoms with van der Waals surface area (Å²) in [5.74, 6) is -4.73. The van der Waals surface area contributed by atoms with E-state index in [1.165, 1.54) is 6.08 Å². The second-order valence-electron chi connectivity index (χ2n) is 11.2. The normalized spacial score (nSPS) is 11.6. The highest BCUT2D eigenvalue weighted by Gasteiger charge is 2.24. The van der Waals surface area contributed by atoms with E-state index in [1.807, 2.05) is 72.8 Å². The maximum Gasteiger partial charge on any atom is 0.208 e. The van der Waals surface area contributed by atoms with Crippen molar-refractivity contribution in [2.75, 3.05) is 0 Å². The van der Waals surface area contributed by atoms with E-state index in [2.05, 4.69) is 35.3 Å². The Balaban J connectivity index is 1.42. The van der Waals surface area contributed by atoms with Crippen molar-refractivity contribution >= 4 is 38.9 Å². The number of rotatable bonds is 6. The van der Waals surface area contributed by atoms with Gasteiger partial charge in [0, 0.05) is 29.1 Å². The number of fused-ring (bicyclic) bond motifs is 3. The van der Waals surface area contributed by atoms with Crippen LogP contribution in [-0.4, -0.2) is 36.2 Å². The first-order chi connectivity index (χ1) is 22.8. The Bertz CT molecular complexity index is 2350. The van der Waals surface area contributed by atoms with Crippen LogP contribution in [0, 0.1) is 5.41 Å². The first-order valence-corrected chi connectivity index (χ1v) is 14.8. The molecule has 1 heterocycles. The van der Waals surface area contributed by atoms with Gasteiger partial charge in [-0.15, -0.1) is 0 Å². The number of phenolic OH excluding ortho intramolecular Hbond substituents is 5. The number of aromatic nitrogens is 1. The maximum atomic E-state index is 10.7. The molecule has 47 heavy (non-hydrogen) atoms. The Hall–Kier alpha value is -6.60. The second kappa shape index (κ2) is 11.7. The van der Waals surface area contributed by atoms with Crippen LogP contribution in [0.3, 0.4) is 0 Å². The second-order valence-corrected chi connectivity index (χ2v) is 11.2. The molecule has 0 saturated heterocycles. The first-order valence-electron chi connectivity index (χ1n) is 14.8. The molecule has 0 aliphatic carbocycles. The van der Waals surface area contributed by atoms with Crippen LogP contribution in [0.15, 0.2) is 128 Å². The lowest BCUT2D eigenvalue weighted by Gasteiger charge is -2.16.